The highest BCUT2D eigenvalue weighted by molar-refractivity contribution is 5.77. The summed E-state index contributed by atoms with van der Waals surface area (Å²) in [5.74, 6) is -0.998. The Balaban J connectivity index is 3.14. The van der Waals surface area contributed by atoms with Gasteiger partial charge in [0.1, 0.15) is 5.60 Å². The smallest absolute Gasteiger partial charge is 0.408 e. The third-order valence-electron chi connectivity index (χ3n) is 2.87. The summed E-state index contributed by atoms with van der Waals surface area (Å²) in [5.41, 5.74) is -0.887. The molecule has 2 N–H and O–H groups in total. The van der Waals surface area contributed by atoms with Crippen LogP contribution in [0.1, 0.15) is 32.4 Å². The number of hydrogen-bond donors (Lipinski definition) is 2. The zero-order valence-electron chi connectivity index (χ0n) is 13.8. The Hall–Kier alpha value is -2.68. The van der Waals surface area contributed by atoms with Crippen LogP contribution in [0.3, 0.4) is 0 Å². The summed E-state index contributed by atoms with van der Waals surface area (Å²) in [6.07, 6.45) is -2.65. The number of non-ortho nitro benzene ring substituents is 1. The molecule has 0 spiro atoms. The van der Waals surface area contributed by atoms with Crippen molar-refractivity contribution in [3.8, 4) is 0 Å². The molecule has 0 heterocycles. The predicted octanol–water partition coefficient (Wildman–Crippen LogP) is 1.69. The second-order valence-corrected chi connectivity index (χ2v) is 5.94. The van der Waals surface area contributed by atoms with Crippen LogP contribution in [0, 0.1) is 10.1 Å². The van der Waals surface area contributed by atoms with E-state index in [4.69, 9.17) is 4.74 Å². The van der Waals surface area contributed by atoms with E-state index in [-0.39, 0.29) is 11.3 Å². The van der Waals surface area contributed by atoms with Crippen LogP contribution in [0.4, 0.5) is 10.5 Å². The van der Waals surface area contributed by atoms with Gasteiger partial charge in [-0.25, -0.2) is 9.59 Å². The summed E-state index contributed by atoms with van der Waals surface area (Å²) in [5, 5.41) is 23.3. The van der Waals surface area contributed by atoms with Gasteiger partial charge in [-0.05, 0) is 26.3 Å². The summed E-state index contributed by atoms with van der Waals surface area (Å²) in [6, 6.07) is 3.93. The molecule has 0 aliphatic carbocycles. The quantitative estimate of drug-likeness (QED) is 0.474. The predicted molar refractivity (Wildman–Crippen MR) is 83.2 cm³/mol. The molecule has 1 amide bonds. The van der Waals surface area contributed by atoms with E-state index in [0.717, 1.165) is 13.2 Å². The zero-order valence-corrected chi connectivity index (χ0v) is 13.8. The number of ether oxygens (including phenoxy) is 2. The molecule has 1 aromatic rings. The number of nitrogens with zero attached hydrogens (tertiary/aromatic N) is 1. The molecule has 2 atom stereocenters. The lowest BCUT2D eigenvalue weighted by Gasteiger charge is -2.25. The Morgan fingerprint density at radius 2 is 1.96 bits per heavy atom. The molecule has 1 rings (SSSR count). The number of nitro groups is 1. The van der Waals surface area contributed by atoms with E-state index < -0.39 is 34.7 Å². The van der Waals surface area contributed by atoms with Gasteiger partial charge < -0.3 is 19.9 Å². The summed E-state index contributed by atoms with van der Waals surface area (Å²) in [4.78, 5) is 33.8. The van der Waals surface area contributed by atoms with Crippen molar-refractivity contribution in [3.05, 3.63) is 39.9 Å². The van der Waals surface area contributed by atoms with Crippen molar-refractivity contribution in [1.82, 2.24) is 5.32 Å². The van der Waals surface area contributed by atoms with Crippen molar-refractivity contribution in [1.29, 1.82) is 0 Å². The lowest BCUT2D eigenvalue weighted by Crippen LogP contribution is -2.43. The molecule has 0 saturated heterocycles. The summed E-state index contributed by atoms with van der Waals surface area (Å²) >= 11 is 0. The van der Waals surface area contributed by atoms with Gasteiger partial charge in [0, 0.05) is 12.1 Å². The number of alkyl carbamates (subject to hydrolysis) is 1. The minimum Gasteiger partial charge on any atom is -0.467 e. The standard InChI is InChI=1S/C15H20N2O7/c1-15(2,3)24-14(20)16-11(12(18)13(19)23-4)9-6-5-7-10(8-9)17(21)22/h5-8,11-12,18H,1-4H3,(H,16,20)/t11-,12-/m0/s1. The fourth-order valence-corrected chi connectivity index (χ4v) is 1.87. The third kappa shape index (κ3) is 5.51. The normalized spacial score (nSPS) is 13.5. The van der Waals surface area contributed by atoms with Gasteiger partial charge >= 0.3 is 12.1 Å². The molecule has 0 bridgehead atoms. The third-order valence-corrected chi connectivity index (χ3v) is 2.87. The van der Waals surface area contributed by atoms with Gasteiger partial charge in [0.15, 0.2) is 6.10 Å². The number of nitro benzene ring substituents is 1. The average Bonchev–Trinajstić information content (AvgIpc) is 2.49. The monoisotopic (exact) mass is 340 g/mol. The number of benzene rings is 1. The Morgan fingerprint density at radius 1 is 1.33 bits per heavy atom. The second-order valence-electron chi connectivity index (χ2n) is 5.94. The van der Waals surface area contributed by atoms with Crippen LogP contribution in [0.2, 0.25) is 0 Å². The van der Waals surface area contributed by atoms with Gasteiger partial charge in [0.2, 0.25) is 0 Å². The van der Waals surface area contributed by atoms with Crippen LogP contribution in [0.15, 0.2) is 24.3 Å². The summed E-state index contributed by atoms with van der Waals surface area (Å²) in [7, 11) is 1.07. The Kier molecular flexibility index (Phi) is 6.24. The van der Waals surface area contributed by atoms with E-state index in [9.17, 15) is 24.8 Å². The molecule has 132 valence electrons. The van der Waals surface area contributed by atoms with Crippen LogP contribution in [0.25, 0.3) is 0 Å². The SMILES string of the molecule is COC(=O)[C@@H](O)[C@@H](NC(=O)OC(C)(C)C)c1cccc([N+](=O)[O-])c1. The average molecular weight is 340 g/mol. The fraction of sp³-hybridized carbons (Fsp3) is 0.467. The largest absolute Gasteiger partial charge is 0.467 e. The van der Waals surface area contributed by atoms with Gasteiger partial charge in [0.25, 0.3) is 5.69 Å². The second kappa shape index (κ2) is 7.73. The number of hydrogen-bond acceptors (Lipinski definition) is 7. The number of carbonyl (C=O) groups excluding carboxylic acids is 2. The van der Waals surface area contributed by atoms with Crippen LogP contribution in [-0.2, 0) is 14.3 Å². The zero-order chi connectivity index (χ0) is 18.5. The Labute approximate surface area is 138 Å². The molecule has 0 radical (unpaired) electrons. The first-order valence-electron chi connectivity index (χ1n) is 7.05. The van der Waals surface area contributed by atoms with E-state index in [1.54, 1.807) is 20.8 Å². The van der Waals surface area contributed by atoms with Crippen molar-refractivity contribution >= 4 is 17.7 Å². The fourth-order valence-electron chi connectivity index (χ4n) is 1.87. The first-order valence-corrected chi connectivity index (χ1v) is 7.05. The molecule has 9 heteroatoms. The molecule has 1 aromatic carbocycles. The first-order chi connectivity index (χ1) is 11.0. The molecule has 9 nitrogen and oxygen atoms in total. The van der Waals surface area contributed by atoms with E-state index in [1.807, 2.05) is 0 Å². The van der Waals surface area contributed by atoms with E-state index >= 15 is 0 Å². The Bertz CT molecular complexity index is 624. The van der Waals surface area contributed by atoms with Crippen LogP contribution in [-0.4, -0.2) is 40.9 Å². The van der Waals surface area contributed by atoms with Crippen molar-refractivity contribution in [2.24, 2.45) is 0 Å². The summed E-state index contributed by atoms with van der Waals surface area (Å²) < 4.78 is 9.54. The van der Waals surface area contributed by atoms with Crippen molar-refractivity contribution in [2.45, 2.75) is 38.5 Å². The number of rotatable bonds is 5. The number of aliphatic hydroxyl groups is 1. The van der Waals surface area contributed by atoms with Crippen LogP contribution < -0.4 is 5.32 Å². The maximum atomic E-state index is 11.9. The van der Waals surface area contributed by atoms with E-state index in [0.29, 0.717) is 0 Å². The number of nitrogens with one attached hydrogen (secondary N) is 1. The van der Waals surface area contributed by atoms with Gasteiger partial charge in [-0.1, -0.05) is 12.1 Å². The minimum absolute atomic E-state index is 0.160. The maximum Gasteiger partial charge on any atom is 0.408 e. The molecule has 0 fully saturated rings. The summed E-state index contributed by atoms with van der Waals surface area (Å²) in [6.45, 7) is 4.93. The highest BCUT2D eigenvalue weighted by atomic mass is 16.6. The van der Waals surface area contributed by atoms with Gasteiger partial charge in [-0.2, -0.15) is 0 Å². The lowest BCUT2D eigenvalue weighted by atomic mass is 10.0. The minimum atomic E-state index is -1.76. The van der Waals surface area contributed by atoms with Gasteiger partial charge in [-0.15, -0.1) is 0 Å². The first kappa shape index (κ1) is 19.4. The van der Waals surface area contributed by atoms with E-state index in [2.05, 4.69) is 10.1 Å². The molecule has 0 unspecified atom stereocenters. The molecular weight excluding hydrogens is 320 g/mol. The number of esters is 1. The molecule has 24 heavy (non-hydrogen) atoms. The number of carbonyl (C=O) groups is 2. The van der Waals surface area contributed by atoms with Crippen molar-refractivity contribution in [3.63, 3.8) is 0 Å². The number of methoxy groups -OCH3 is 1. The molecule has 0 aliphatic rings. The van der Waals surface area contributed by atoms with E-state index in [1.165, 1.54) is 18.2 Å². The van der Waals surface area contributed by atoms with Crippen LogP contribution >= 0.6 is 0 Å². The molecule has 0 saturated carbocycles. The molecule has 0 aliphatic heterocycles. The topological polar surface area (TPSA) is 128 Å². The lowest BCUT2D eigenvalue weighted by molar-refractivity contribution is -0.384. The van der Waals surface area contributed by atoms with Gasteiger partial charge in [-0.3, -0.25) is 10.1 Å². The molecule has 0 aromatic heterocycles. The number of aliphatic hydroxyl groups excluding tert-OH is 1. The number of amides is 1. The van der Waals surface area contributed by atoms with Crippen molar-refractivity contribution < 1.29 is 29.1 Å². The van der Waals surface area contributed by atoms with Gasteiger partial charge in [0.05, 0.1) is 18.1 Å². The van der Waals surface area contributed by atoms with Crippen molar-refractivity contribution in [2.75, 3.05) is 7.11 Å². The van der Waals surface area contributed by atoms with Crippen LogP contribution in [0.5, 0.6) is 0 Å². The highest BCUT2D eigenvalue weighted by Crippen LogP contribution is 2.23. The maximum absolute atomic E-state index is 11.9. The molecular formula is C15H20N2O7. The highest BCUT2D eigenvalue weighted by Gasteiger charge is 2.32. The Morgan fingerprint density at radius 3 is 2.46 bits per heavy atom.